The number of sulfonamides is 1. The molecule has 4 unspecified atom stereocenters. The number of benzene rings is 2. The number of fused-ring (bicyclic) bond motifs is 3. The molecule has 2 aromatic rings. The summed E-state index contributed by atoms with van der Waals surface area (Å²) < 4.78 is 73.4. The lowest BCUT2D eigenvalue weighted by molar-refractivity contribution is -0.137. The zero-order valence-electron chi connectivity index (χ0n) is 17.1. The molecule has 1 fully saturated rings. The van der Waals surface area contributed by atoms with Gasteiger partial charge in [0.25, 0.3) is 0 Å². The average molecular weight is 489 g/mol. The van der Waals surface area contributed by atoms with Crippen LogP contribution < -0.4 is 10.0 Å². The van der Waals surface area contributed by atoms with Gasteiger partial charge in [-0.25, -0.2) is 13.1 Å². The fourth-order valence-electron chi connectivity index (χ4n) is 4.51. The first-order chi connectivity index (χ1) is 15.2. The van der Waals surface area contributed by atoms with Crippen molar-refractivity contribution in [1.29, 1.82) is 0 Å². The molecule has 0 radical (unpaired) electrons. The summed E-state index contributed by atoms with van der Waals surface area (Å²) in [5.74, 6) is -0.104. The van der Waals surface area contributed by atoms with Crippen molar-refractivity contribution in [3.05, 3.63) is 65.2 Å². The Morgan fingerprint density at radius 2 is 1.91 bits per heavy atom. The van der Waals surface area contributed by atoms with Gasteiger partial charge in [-0.1, -0.05) is 30.3 Å². The second-order valence-electron chi connectivity index (χ2n) is 8.16. The number of anilines is 1. The summed E-state index contributed by atoms with van der Waals surface area (Å²) in [4.78, 5) is 0. The second kappa shape index (κ2) is 9.21. The third-order valence-corrected chi connectivity index (χ3v) is 7.68. The summed E-state index contributed by atoms with van der Waals surface area (Å²) in [7, 11) is -3.53. The molecule has 174 valence electrons. The largest absolute Gasteiger partial charge is 0.416 e. The highest BCUT2D eigenvalue weighted by molar-refractivity contribution is 7.89. The highest BCUT2D eigenvalue weighted by Gasteiger charge is 2.44. The van der Waals surface area contributed by atoms with Gasteiger partial charge in [-0.05, 0) is 36.6 Å². The number of rotatable bonds is 6. The minimum absolute atomic E-state index is 0.0818. The lowest BCUT2D eigenvalue weighted by Crippen LogP contribution is -2.48. The topological polar surface area (TPSA) is 67.4 Å². The minimum atomic E-state index is -4.46. The lowest BCUT2D eigenvalue weighted by atomic mass is 9.76. The molecule has 2 aliphatic heterocycles. The highest BCUT2D eigenvalue weighted by Crippen LogP contribution is 2.50. The molecule has 2 N–H and O–H groups in total. The predicted molar refractivity (Wildman–Crippen MR) is 117 cm³/mol. The van der Waals surface area contributed by atoms with Gasteiger partial charge in [-0.15, -0.1) is 11.6 Å². The third kappa shape index (κ3) is 5.06. The van der Waals surface area contributed by atoms with E-state index in [9.17, 15) is 21.6 Å². The van der Waals surface area contributed by atoms with Crippen LogP contribution in [0.4, 0.5) is 18.9 Å². The van der Waals surface area contributed by atoms with E-state index in [2.05, 4.69) is 10.0 Å². The molecule has 0 aromatic heterocycles. The van der Waals surface area contributed by atoms with Crippen molar-refractivity contribution in [2.45, 2.75) is 37.2 Å². The molecule has 0 saturated carbocycles. The van der Waals surface area contributed by atoms with Crippen LogP contribution in [0, 0.1) is 5.92 Å². The Morgan fingerprint density at radius 1 is 1.16 bits per heavy atom. The summed E-state index contributed by atoms with van der Waals surface area (Å²) in [5, 5.41) is 3.37. The zero-order chi connectivity index (χ0) is 22.9. The van der Waals surface area contributed by atoms with E-state index in [4.69, 9.17) is 16.3 Å². The molecular weight excluding hydrogens is 465 g/mol. The van der Waals surface area contributed by atoms with Gasteiger partial charge in [0.05, 0.1) is 30.1 Å². The smallest absolute Gasteiger partial charge is 0.378 e. The number of nitrogens with one attached hydrogen (secondary N) is 2. The molecule has 5 nitrogen and oxygen atoms in total. The molecule has 10 heteroatoms. The molecule has 0 amide bonds. The molecule has 0 aliphatic carbocycles. The van der Waals surface area contributed by atoms with Crippen molar-refractivity contribution in [2.24, 2.45) is 5.92 Å². The molecule has 2 aliphatic rings. The molecular formula is C22H24ClF3N2O3S. The second-order valence-corrected chi connectivity index (χ2v) is 10.4. The van der Waals surface area contributed by atoms with Crippen LogP contribution in [-0.4, -0.2) is 32.7 Å². The summed E-state index contributed by atoms with van der Waals surface area (Å²) >= 11 is 5.62. The van der Waals surface area contributed by atoms with Crippen LogP contribution in [0.5, 0.6) is 0 Å². The van der Waals surface area contributed by atoms with E-state index in [0.717, 1.165) is 17.7 Å². The Bertz CT molecular complexity index is 1050. The Kier molecular flexibility index (Phi) is 6.72. The van der Waals surface area contributed by atoms with Crippen molar-refractivity contribution in [1.82, 2.24) is 4.72 Å². The standard InChI is InChI=1S/C22H24ClF3N2O3S/c23-9-4-10-32(29,30)28-16-12-18-20(14-5-2-1-3-6-14)27-19-8-7-15(22(24,25)26)11-17(19)21(18)31-13-16/h1-3,5-8,11,16,18,20-21,27-28H,4,9-10,12-13H2. The quantitative estimate of drug-likeness (QED) is 0.569. The van der Waals surface area contributed by atoms with E-state index in [-0.39, 0.29) is 30.2 Å². The maximum absolute atomic E-state index is 13.3. The summed E-state index contributed by atoms with van der Waals surface area (Å²) in [6.07, 6.45) is -4.29. The van der Waals surface area contributed by atoms with Crippen molar-refractivity contribution in [3.8, 4) is 0 Å². The van der Waals surface area contributed by atoms with Gasteiger partial charge in [0.1, 0.15) is 0 Å². The Labute approximate surface area is 190 Å². The van der Waals surface area contributed by atoms with Gasteiger partial charge in [0.15, 0.2) is 0 Å². The number of ether oxygens (including phenoxy) is 1. The summed E-state index contributed by atoms with van der Waals surface area (Å²) in [6, 6.07) is 12.5. The van der Waals surface area contributed by atoms with Gasteiger partial charge in [0, 0.05) is 29.1 Å². The van der Waals surface area contributed by atoms with Crippen LogP contribution in [0.1, 0.15) is 41.7 Å². The minimum Gasteiger partial charge on any atom is -0.378 e. The maximum Gasteiger partial charge on any atom is 0.416 e. The monoisotopic (exact) mass is 488 g/mol. The maximum atomic E-state index is 13.3. The van der Waals surface area contributed by atoms with E-state index in [1.165, 1.54) is 6.07 Å². The third-order valence-electron chi connectivity index (χ3n) is 5.90. The zero-order valence-corrected chi connectivity index (χ0v) is 18.7. The van der Waals surface area contributed by atoms with E-state index in [1.807, 2.05) is 30.3 Å². The Hall–Kier alpha value is -1.81. The Balaban J connectivity index is 1.65. The molecule has 2 aromatic carbocycles. The predicted octanol–water partition coefficient (Wildman–Crippen LogP) is 4.87. The number of alkyl halides is 4. The molecule has 4 rings (SSSR count). The van der Waals surface area contributed by atoms with Crippen molar-refractivity contribution >= 4 is 27.3 Å². The number of halogens is 4. The van der Waals surface area contributed by atoms with Crippen LogP contribution in [0.15, 0.2) is 48.5 Å². The van der Waals surface area contributed by atoms with Crippen LogP contribution in [0.25, 0.3) is 0 Å². The van der Waals surface area contributed by atoms with Gasteiger partial charge in [0.2, 0.25) is 10.0 Å². The summed E-state index contributed by atoms with van der Waals surface area (Å²) in [6.45, 7) is 0.0818. The number of hydrogen-bond acceptors (Lipinski definition) is 4. The van der Waals surface area contributed by atoms with Crippen LogP contribution in [-0.2, 0) is 20.9 Å². The average Bonchev–Trinajstić information content (AvgIpc) is 2.76. The first kappa shape index (κ1) is 23.4. The van der Waals surface area contributed by atoms with Crippen molar-refractivity contribution in [2.75, 3.05) is 23.6 Å². The van der Waals surface area contributed by atoms with E-state index in [1.54, 1.807) is 0 Å². The van der Waals surface area contributed by atoms with Crippen LogP contribution >= 0.6 is 11.6 Å². The summed E-state index contributed by atoms with van der Waals surface area (Å²) in [5.41, 5.74) is 1.26. The van der Waals surface area contributed by atoms with Crippen molar-refractivity contribution in [3.63, 3.8) is 0 Å². The van der Waals surface area contributed by atoms with E-state index >= 15 is 0 Å². The van der Waals surface area contributed by atoms with E-state index < -0.39 is 33.9 Å². The van der Waals surface area contributed by atoms with Crippen molar-refractivity contribution < 1.29 is 26.3 Å². The number of hydrogen-bond donors (Lipinski definition) is 2. The van der Waals surface area contributed by atoms with Gasteiger partial charge in [-0.2, -0.15) is 13.2 Å². The molecule has 32 heavy (non-hydrogen) atoms. The molecule has 2 heterocycles. The molecule has 0 spiro atoms. The normalized spacial score (nSPS) is 25.5. The van der Waals surface area contributed by atoms with Crippen LogP contribution in [0.3, 0.4) is 0 Å². The van der Waals surface area contributed by atoms with E-state index in [0.29, 0.717) is 24.1 Å². The lowest BCUT2D eigenvalue weighted by Gasteiger charge is -2.45. The van der Waals surface area contributed by atoms with Crippen LogP contribution in [0.2, 0.25) is 0 Å². The molecule has 1 saturated heterocycles. The van der Waals surface area contributed by atoms with Gasteiger partial charge in [-0.3, -0.25) is 0 Å². The fourth-order valence-corrected chi connectivity index (χ4v) is 6.11. The first-order valence-corrected chi connectivity index (χ1v) is 12.6. The SMILES string of the molecule is O=S(=O)(CCCCl)NC1COC2c3cc(C(F)(F)F)ccc3NC(c3ccccc3)C2C1. The van der Waals surface area contributed by atoms with Gasteiger partial charge < -0.3 is 10.1 Å². The molecule has 4 atom stereocenters. The fraction of sp³-hybridized carbons (Fsp3) is 0.455. The first-order valence-electron chi connectivity index (χ1n) is 10.4. The molecule has 0 bridgehead atoms. The Morgan fingerprint density at radius 3 is 2.59 bits per heavy atom. The van der Waals surface area contributed by atoms with Gasteiger partial charge >= 0.3 is 6.18 Å². The highest BCUT2D eigenvalue weighted by atomic mass is 35.5.